The van der Waals surface area contributed by atoms with E-state index in [0.717, 1.165) is 34.2 Å². The van der Waals surface area contributed by atoms with Crippen molar-refractivity contribution in [1.82, 2.24) is 9.62 Å². The van der Waals surface area contributed by atoms with Gasteiger partial charge in [0.1, 0.15) is 5.82 Å². The SMILES string of the molecule is CN(CC(=O)NCC12CC3CC(CC(C3)C1)C2)S(=O)(=O)c1ccc(F)cc1. The van der Waals surface area contributed by atoms with Gasteiger partial charge in [-0.3, -0.25) is 4.79 Å². The molecule has 0 spiro atoms. The first-order valence-electron chi connectivity index (χ1n) is 9.74. The Hall–Kier alpha value is -1.47. The minimum Gasteiger partial charge on any atom is -0.354 e. The molecule has 0 heterocycles. The topological polar surface area (TPSA) is 66.5 Å². The van der Waals surface area contributed by atoms with Gasteiger partial charge in [0.25, 0.3) is 0 Å². The summed E-state index contributed by atoms with van der Waals surface area (Å²) >= 11 is 0. The van der Waals surface area contributed by atoms with E-state index in [1.807, 2.05) is 0 Å². The Balaban J connectivity index is 1.35. The van der Waals surface area contributed by atoms with E-state index in [9.17, 15) is 17.6 Å². The van der Waals surface area contributed by atoms with Gasteiger partial charge in [0.05, 0.1) is 11.4 Å². The van der Waals surface area contributed by atoms with Crippen LogP contribution in [0.2, 0.25) is 0 Å². The summed E-state index contributed by atoms with van der Waals surface area (Å²) in [6, 6.07) is 4.64. The highest BCUT2D eigenvalue weighted by molar-refractivity contribution is 7.89. The third-order valence-electron chi connectivity index (χ3n) is 6.71. The van der Waals surface area contributed by atoms with Gasteiger partial charge in [0, 0.05) is 13.6 Å². The average Bonchev–Trinajstić information content (AvgIpc) is 2.59. The molecule has 1 amide bonds. The van der Waals surface area contributed by atoms with Crippen molar-refractivity contribution in [3.8, 4) is 0 Å². The number of hydrogen-bond donors (Lipinski definition) is 1. The van der Waals surface area contributed by atoms with Crippen LogP contribution in [-0.2, 0) is 14.8 Å². The van der Waals surface area contributed by atoms with Crippen LogP contribution < -0.4 is 5.32 Å². The number of carbonyl (C=O) groups is 1. The number of nitrogens with one attached hydrogen (secondary N) is 1. The molecule has 1 aromatic carbocycles. The van der Waals surface area contributed by atoms with Gasteiger partial charge in [-0.25, -0.2) is 12.8 Å². The molecule has 148 valence electrons. The van der Waals surface area contributed by atoms with E-state index in [1.54, 1.807) is 0 Å². The van der Waals surface area contributed by atoms with Crippen molar-refractivity contribution >= 4 is 15.9 Å². The molecule has 4 saturated carbocycles. The van der Waals surface area contributed by atoms with Gasteiger partial charge >= 0.3 is 0 Å². The number of likely N-dealkylation sites (N-methyl/N-ethyl adjacent to an activating group) is 1. The molecule has 4 fully saturated rings. The quantitative estimate of drug-likeness (QED) is 0.807. The van der Waals surface area contributed by atoms with Crippen molar-refractivity contribution in [2.75, 3.05) is 20.1 Å². The van der Waals surface area contributed by atoms with Gasteiger partial charge < -0.3 is 5.32 Å². The van der Waals surface area contributed by atoms with Crippen LogP contribution in [0.5, 0.6) is 0 Å². The first-order chi connectivity index (χ1) is 12.8. The molecule has 0 saturated heterocycles. The Morgan fingerprint density at radius 1 is 1.11 bits per heavy atom. The fraction of sp³-hybridized carbons (Fsp3) is 0.650. The molecular weight excluding hydrogens is 367 g/mol. The van der Waals surface area contributed by atoms with Crippen LogP contribution in [0.4, 0.5) is 4.39 Å². The molecule has 1 aromatic rings. The van der Waals surface area contributed by atoms with Crippen molar-refractivity contribution in [3.05, 3.63) is 30.1 Å². The molecule has 1 N–H and O–H groups in total. The lowest BCUT2D eigenvalue weighted by Crippen LogP contribution is -2.52. The summed E-state index contributed by atoms with van der Waals surface area (Å²) < 4.78 is 39.1. The van der Waals surface area contributed by atoms with Crippen molar-refractivity contribution in [3.63, 3.8) is 0 Å². The molecule has 4 aliphatic carbocycles. The molecule has 0 unspecified atom stereocenters. The van der Waals surface area contributed by atoms with Gasteiger partial charge in [0.15, 0.2) is 0 Å². The van der Waals surface area contributed by atoms with Crippen molar-refractivity contribution in [2.24, 2.45) is 23.2 Å². The van der Waals surface area contributed by atoms with Crippen LogP contribution in [0.25, 0.3) is 0 Å². The molecule has 4 bridgehead atoms. The summed E-state index contributed by atoms with van der Waals surface area (Å²) in [5.74, 6) is 1.67. The Bertz CT molecular complexity index is 787. The van der Waals surface area contributed by atoms with Gasteiger partial charge in [-0.1, -0.05) is 0 Å². The maximum absolute atomic E-state index is 13.0. The summed E-state index contributed by atoms with van der Waals surface area (Å²) in [7, 11) is -2.43. The van der Waals surface area contributed by atoms with Crippen LogP contribution in [0.15, 0.2) is 29.2 Å². The predicted octanol–water partition coefficient (Wildman–Crippen LogP) is 2.78. The molecule has 27 heavy (non-hydrogen) atoms. The van der Waals surface area contributed by atoms with E-state index in [0.29, 0.717) is 6.54 Å². The second-order valence-electron chi connectivity index (χ2n) is 8.91. The number of halogens is 1. The number of rotatable bonds is 6. The summed E-state index contributed by atoms with van der Waals surface area (Å²) in [6.07, 6.45) is 7.65. The Labute approximate surface area is 160 Å². The fourth-order valence-corrected chi connectivity index (χ4v) is 7.05. The van der Waals surface area contributed by atoms with Crippen molar-refractivity contribution in [1.29, 1.82) is 0 Å². The van der Waals surface area contributed by atoms with Crippen LogP contribution in [0.3, 0.4) is 0 Å². The largest absolute Gasteiger partial charge is 0.354 e. The smallest absolute Gasteiger partial charge is 0.243 e. The number of sulfonamides is 1. The third kappa shape index (κ3) is 3.76. The highest BCUT2D eigenvalue weighted by Crippen LogP contribution is 2.59. The predicted molar refractivity (Wildman–Crippen MR) is 99.8 cm³/mol. The monoisotopic (exact) mass is 394 g/mol. The van der Waals surface area contributed by atoms with Crippen LogP contribution in [-0.4, -0.2) is 38.8 Å². The van der Waals surface area contributed by atoms with Gasteiger partial charge in [-0.05, 0) is 86.0 Å². The first kappa shape index (κ1) is 18.9. The van der Waals surface area contributed by atoms with E-state index >= 15 is 0 Å². The van der Waals surface area contributed by atoms with E-state index < -0.39 is 15.8 Å². The first-order valence-corrected chi connectivity index (χ1v) is 11.2. The zero-order valence-electron chi connectivity index (χ0n) is 15.7. The highest BCUT2D eigenvalue weighted by atomic mass is 32.2. The molecular formula is C20H27FN2O3S. The molecule has 4 aliphatic rings. The number of hydrogen-bond acceptors (Lipinski definition) is 3. The molecule has 0 atom stereocenters. The normalized spacial score (nSPS) is 32.0. The third-order valence-corrected chi connectivity index (χ3v) is 8.53. The zero-order valence-corrected chi connectivity index (χ0v) is 16.5. The second-order valence-corrected chi connectivity index (χ2v) is 11.0. The van der Waals surface area contributed by atoms with Crippen LogP contribution in [0, 0.1) is 29.0 Å². The average molecular weight is 395 g/mol. The van der Waals surface area contributed by atoms with Crippen molar-refractivity contribution < 1.29 is 17.6 Å². The van der Waals surface area contributed by atoms with E-state index in [4.69, 9.17) is 0 Å². The Kier molecular flexibility index (Phi) is 4.79. The summed E-state index contributed by atoms with van der Waals surface area (Å²) in [6.45, 7) is 0.422. The molecule has 5 rings (SSSR count). The maximum Gasteiger partial charge on any atom is 0.243 e. The standard InChI is InChI=1S/C20H27FN2O3S/c1-23(27(25,26)18-4-2-17(21)3-5-18)12-19(24)22-13-20-9-14-6-15(10-20)8-16(7-14)11-20/h2-5,14-16H,6-13H2,1H3,(H,22,24). The van der Waals surface area contributed by atoms with Crippen LogP contribution >= 0.6 is 0 Å². The van der Waals surface area contributed by atoms with Crippen LogP contribution in [0.1, 0.15) is 38.5 Å². The number of carbonyl (C=O) groups excluding carboxylic acids is 1. The Morgan fingerprint density at radius 3 is 2.15 bits per heavy atom. The zero-order chi connectivity index (χ0) is 19.2. The Morgan fingerprint density at radius 2 is 1.63 bits per heavy atom. The van der Waals surface area contributed by atoms with E-state index in [1.165, 1.54) is 57.7 Å². The summed E-state index contributed by atoms with van der Waals surface area (Å²) in [5.41, 5.74) is 0.221. The molecule has 5 nitrogen and oxygen atoms in total. The van der Waals surface area contributed by atoms with Gasteiger partial charge in [-0.15, -0.1) is 0 Å². The van der Waals surface area contributed by atoms with E-state index in [2.05, 4.69) is 5.32 Å². The number of benzene rings is 1. The molecule has 0 aliphatic heterocycles. The minimum atomic E-state index is -3.81. The number of amides is 1. The molecule has 0 aromatic heterocycles. The van der Waals surface area contributed by atoms with Crippen molar-refractivity contribution in [2.45, 2.75) is 43.4 Å². The lowest BCUT2D eigenvalue weighted by atomic mass is 9.49. The fourth-order valence-electron chi connectivity index (χ4n) is 5.92. The maximum atomic E-state index is 13.0. The molecule has 0 radical (unpaired) electrons. The van der Waals surface area contributed by atoms with E-state index in [-0.39, 0.29) is 22.8 Å². The number of nitrogens with zero attached hydrogens (tertiary/aromatic N) is 1. The van der Waals surface area contributed by atoms with Gasteiger partial charge in [-0.2, -0.15) is 4.31 Å². The highest BCUT2D eigenvalue weighted by Gasteiger charge is 2.50. The summed E-state index contributed by atoms with van der Waals surface area (Å²) in [5, 5.41) is 3.00. The van der Waals surface area contributed by atoms with Gasteiger partial charge in [0.2, 0.25) is 15.9 Å². The second kappa shape index (κ2) is 6.85. The lowest BCUT2D eigenvalue weighted by molar-refractivity contribution is -0.123. The molecule has 7 heteroatoms. The lowest BCUT2D eigenvalue weighted by Gasteiger charge is -2.56. The summed E-state index contributed by atoms with van der Waals surface area (Å²) in [4.78, 5) is 12.4. The minimum absolute atomic E-state index is 0.0136.